The number of aliphatic carboxylic acids is 1. The van der Waals surface area contributed by atoms with Crippen LogP contribution >= 0.6 is 11.6 Å². The van der Waals surface area contributed by atoms with Crippen LogP contribution in [0.25, 0.3) is 0 Å². The Balaban J connectivity index is 2.06. The Kier molecular flexibility index (Phi) is 3.71. The van der Waals surface area contributed by atoms with Crippen molar-refractivity contribution in [1.29, 1.82) is 0 Å². The van der Waals surface area contributed by atoms with Gasteiger partial charge in [0.25, 0.3) is 5.91 Å². The van der Waals surface area contributed by atoms with Crippen molar-refractivity contribution in [3.8, 4) is 0 Å². The summed E-state index contributed by atoms with van der Waals surface area (Å²) in [7, 11) is 0. The molecule has 19 heavy (non-hydrogen) atoms. The van der Waals surface area contributed by atoms with Gasteiger partial charge in [-0.25, -0.2) is 8.78 Å². The minimum atomic E-state index is -1.14. The number of hydrogen-bond acceptors (Lipinski definition) is 2. The van der Waals surface area contributed by atoms with Crippen LogP contribution in [0, 0.1) is 17.6 Å². The van der Waals surface area contributed by atoms with Gasteiger partial charge in [-0.15, -0.1) is 0 Å². The molecule has 7 heteroatoms. The summed E-state index contributed by atoms with van der Waals surface area (Å²) in [6.45, 7) is 0.556. The van der Waals surface area contributed by atoms with Gasteiger partial charge in [0.15, 0.2) is 11.6 Å². The molecule has 4 nitrogen and oxygen atoms in total. The van der Waals surface area contributed by atoms with Crippen LogP contribution in [-0.2, 0) is 4.79 Å². The number of benzene rings is 1. The van der Waals surface area contributed by atoms with E-state index in [1.54, 1.807) is 0 Å². The molecule has 2 rings (SSSR count). The van der Waals surface area contributed by atoms with Gasteiger partial charge in [0.1, 0.15) is 0 Å². The first-order valence-corrected chi connectivity index (χ1v) is 5.92. The van der Waals surface area contributed by atoms with Crippen molar-refractivity contribution in [2.45, 2.75) is 6.42 Å². The fraction of sp³-hybridized carbons (Fsp3) is 0.333. The van der Waals surface area contributed by atoms with E-state index in [-0.39, 0.29) is 36.0 Å². The quantitative estimate of drug-likeness (QED) is 0.868. The Labute approximate surface area is 112 Å². The number of halogens is 3. The highest BCUT2D eigenvalue weighted by Crippen LogP contribution is 2.26. The lowest BCUT2D eigenvalue weighted by Crippen LogP contribution is -2.50. The summed E-state index contributed by atoms with van der Waals surface area (Å²) in [5.41, 5.74) is -0.116. The maximum absolute atomic E-state index is 13.1. The molecule has 1 N–H and O–H groups in total. The van der Waals surface area contributed by atoms with Crippen LogP contribution in [0.2, 0.25) is 5.02 Å². The van der Waals surface area contributed by atoms with Crippen molar-refractivity contribution in [3.63, 3.8) is 0 Å². The molecular weight excluding hydrogens is 280 g/mol. The average Bonchev–Trinajstić information content (AvgIpc) is 2.27. The number of carbonyl (C=O) groups excluding carboxylic acids is 1. The minimum absolute atomic E-state index is 0.0186. The number of amides is 1. The molecule has 1 amide bonds. The summed E-state index contributed by atoms with van der Waals surface area (Å²) < 4.78 is 25.9. The molecule has 0 spiro atoms. The SMILES string of the molecule is O=C(O)CC1CN(C(=O)c2cc(F)c(F)cc2Cl)C1. The molecule has 1 fully saturated rings. The van der Waals surface area contributed by atoms with E-state index in [0.717, 1.165) is 12.1 Å². The van der Waals surface area contributed by atoms with Crippen molar-refractivity contribution in [2.24, 2.45) is 5.92 Å². The lowest BCUT2D eigenvalue weighted by atomic mass is 9.95. The Bertz CT molecular complexity index is 544. The first-order valence-electron chi connectivity index (χ1n) is 5.54. The van der Waals surface area contributed by atoms with Gasteiger partial charge in [0.2, 0.25) is 0 Å². The number of likely N-dealkylation sites (tertiary alicyclic amines) is 1. The molecule has 102 valence electrons. The Morgan fingerprint density at radius 3 is 2.47 bits per heavy atom. The number of carboxylic acid groups (broad SMARTS) is 1. The smallest absolute Gasteiger partial charge is 0.303 e. The summed E-state index contributed by atoms with van der Waals surface area (Å²) in [6, 6.07) is 1.50. The van der Waals surface area contributed by atoms with Crippen molar-refractivity contribution >= 4 is 23.5 Å². The van der Waals surface area contributed by atoms with Gasteiger partial charge < -0.3 is 10.0 Å². The molecule has 0 radical (unpaired) electrons. The molecular formula is C12H10ClF2NO3. The molecule has 0 aliphatic carbocycles. The second kappa shape index (κ2) is 5.13. The van der Waals surface area contributed by atoms with Crippen LogP contribution in [0.4, 0.5) is 8.78 Å². The second-order valence-electron chi connectivity index (χ2n) is 4.42. The van der Waals surface area contributed by atoms with E-state index in [4.69, 9.17) is 16.7 Å². The van der Waals surface area contributed by atoms with E-state index >= 15 is 0 Å². The third-order valence-corrected chi connectivity index (χ3v) is 3.26. The van der Waals surface area contributed by atoms with Gasteiger partial charge in [-0.05, 0) is 12.1 Å². The number of hydrogen-bond donors (Lipinski definition) is 1. The molecule has 1 aliphatic heterocycles. The molecule has 0 atom stereocenters. The molecule has 0 aromatic heterocycles. The molecule has 1 saturated heterocycles. The van der Waals surface area contributed by atoms with Gasteiger partial charge in [-0.3, -0.25) is 9.59 Å². The van der Waals surface area contributed by atoms with E-state index in [0.29, 0.717) is 0 Å². The van der Waals surface area contributed by atoms with E-state index in [9.17, 15) is 18.4 Å². The van der Waals surface area contributed by atoms with E-state index in [1.807, 2.05) is 0 Å². The van der Waals surface area contributed by atoms with Gasteiger partial charge in [0, 0.05) is 19.0 Å². The topological polar surface area (TPSA) is 57.6 Å². The number of rotatable bonds is 3. The van der Waals surface area contributed by atoms with Crippen LogP contribution in [0.5, 0.6) is 0 Å². The molecule has 0 unspecified atom stereocenters. The van der Waals surface area contributed by atoms with Crippen LogP contribution in [0.1, 0.15) is 16.8 Å². The van der Waals surface area contributed by atoms with Crippen LogP contribution in [0.3, 0.4) is 0 Å². The largest absolute Gasteiger partial charge is 0.481 e. The van der Waals surface area contributed by atoms with Gasteiger partial charge in [-0.1, -0.05) is 11.6 Å². The maximum Gasteiger partial charge on any atom is 0.303 e. The minimum Gasteiger partial charge on any atom is -0.481 e. The van der Waals surface area contributed by atoms with Crippen molar-refractivity contribution in [2.75, 3.05) is 13.1 Å². The second-order valence-corrected chi connectivity index (χ2v) is 4.83. The lowest BCUT2D eigenvalue weighted by Gasteiger charge is -2.38. The number of nitrogens with zero attached hydrogens (tertiary/aromatic N) is 1. The van der Waals surface area contributed by atoms with Crippen molar-refractivity contribution < 1.29 is 23.5 Å². The summed E-state index contributed by atoms with van der Waals surface area (Å²) in [5.74, 6) is -3.82. The molecule has 0 saturated carbocycles. The molecule has 1 heterocycles. The van der Waals surface area contributed by atoms with Crippen LogP contribution in [-0.4, -0.2) is 35.0 Å². The first kappa shape index (κ1) is 13.7. The Hall–Kier alpha value is -1.69. The molecule has 1 aliphatic rings. The third-order valence-electron chi connectivity index (χ3n) is 2.95. The van der Waals surface area contributed by atoms with Gasteiger partial charge in [0.05, 0.1) is 17.0 Å². The summed E-state index contributed by atoms with van der Waals surface area (Å²) in [6.07, 6.45) is -0.0186. The zero-order valence-electron chi connectivity index (χ0n) is 9.70. The molecule has 1 aromatic rings. The van der Waals surface area contributed by atoms with E-state index < -0.39 is 23.5 Å². The fourth-order valence-corrected chi connectivity index (χ4v) is 2.20. The predicted octanol–water partition coefficient (Wildman–Crippen LogP) is 2.16. The highest BCUT2D eigenvalue weighted by atomic mass is 35.5. The fourth-order valence-electron chi connectivity index (χ4n) is 1.97. The monoisotopic (exact) mass is 289 g/mol. The lowest BCUT2D eigenvalue weighted by molar-refractivity contribution is -0.139. The highest BCUT2D eigenvalue weighted by Gasteiger charge is 2.33. The first-order chi connectivity index (χ1) is 8.88. The predicted molar refractivity (Wildman–Crippen MR) is 63.0 cm³/mol. The summed E-state index contributed by atoms with van der Waals surface area (Å²) >= 11 is 5.69. The van der Waals surface area contributed by atoms with Gasteiger partial charge in [-0.2, -0.15) is 0 Å². The number of carbonyl (C=O) groups is 2. The van der Waals surface area contributed by atoms with Crippen LogP contribution < -0.4 is 0 Å². The van der Waals surface area contributed by atoms with E-state index in [1.165, 1.54) is 4.90 Å². The molecule has 0 bridgehead atoms. The molecule has 1 aromatic carbocycles. The maximum atomic E-state index is 13.1. The van der Waals surface area contributed by atoms with E-state index in [2.05, 4.69) is 0 Å². The van der Waals surface area contributed by atoms with Crippen molar-refractivity contribution in [3.05, 3.63) is 34.4 Å². The average molecular weight is 290 g/mol. The van der Waals surface area contributed by atoms with Crippen LogP contribution in [0.15, 0.2) is 12.1 Å². The summed E-state index contributed by atoms with van der Waals surface area (Å²) in [5, 5.41) is 8.42. The normalized spacial score (nSPS) is 15.2. The van der Waals surface area contributed by atoms with Gasteiger partial charge >= 0.3 is 5.97 Å². The standard InChI is InChI=1S/C12H10ClF2NO3/c13-8-3-10(15)9(14)2-7(8)12(19)16-4-6(5-16)1-11(17)18/h2-3,6H,1,4-5H2,(H,17,18). The highest BCUT2D eigenvalue weighted by molar-refractivity contribution is 6.33. The Morgan fingerprint density at radius 1 is 1.32 bits per heavy atom. The summed E-state index contributed by atoms with van der Waals surface area (Å²) in [4.78, 5) is 23.8. The zero-order valence-corrected chi connectivity index (χ0v) is 10.5. The number of carboxylic acids is 1. The third kappa shape index (κ3) is 2.84. The zero-order chi connectivity index (χ0) is 14.2. The Morgan fingerprint density at radius 2 is 1.89 bits per heavy atom. The van der Waals surface area contributed by atoms with Crippen molar-refractivity contribution in [1.82, 2.24) is 4.90 Å².